The van der Waals surface area contributed by atoms with E-state index in [0.717, 1.165) is 32.6 Å². The van der Waals surface area contributed by atoms with Crippen molar-refractivity contribution in [3.63, 3.8) is 0 Å². The molecule has 2 aliphatic heterocycles. The maximum absolute atomic E-state index is 12.7. The van der Waals surface area contributed by atoms with E-state index in [1.165, 1.54) is 19.3 Å². The van der Waals surface area contributed by atoms with Crippen molar-refractivity contribution >= 4 is 21.8 Å². The molecule has 2 N–H and O–H groups in total. The number of nitrogens with zero attached hydrogens (tertiary/aromatic N) is 1. The third kappa shape index (κ3) is 3.09. The highest BCUT2D eigenvalue weighted by atomic mass is 79.9. The SMILES string of the molecule is O=C(c1ccc(Br)c(O)c1)N1CCCC2(CCCNC2)C1. The fraction of sp³-hybridized carbons (Fsp3) is 0.562. The number of carbonyl (C=O) groups excluding carboxylic acids is 1. The molecule has 5 heteroatoms. The van der Waals surface area contributed by atoms with Gasteiger partial charge in [0.05, 0.1) is 4.47 Å². The number of nitrogens with one attached hydrogen (secondary N) is 1. The Morgan fingerprint density at radius 3 is 2.86 bits per heavy atom. The second kappa shape index (κ2) is 5.97. The van der Waals surface area contributed by atoms with Gasteiger partial charge in [-0.2, -0.15) is 0 Å². The first-order chi connectivity index (χ1) is 10.1. The summed E-state index contributed by atoms with van der Waals surface area (Å²) in [6.45, 7) is 3.76. The number of hydrogen-bond donors (Lipinski definition) is 2. The third-order valence-electron chi connectivity index (χ3n) is 4.70. The zero-order chi connectivity index (χ0) is 14.9. The fourth-order valence-corrected chi connectivity index (χ4v) is 3.83. The Morgan fingerprint density at radius 2 is 2.14 bits per heavy atom. The van der Waals surface area contributed by atoms with Gasteiger partial charge in [0.25, 0.3) is 5.91 Å². The zero-order valence-corrected chi connectivity index (χ0v) is 13.7. The average Bonchev–Trinajstić information content (AvgIpc) is 2.50. The summed E-state index contributed by atoms with van der Waals surface area (Å²) in [5.41, 5.74) is 0.820. The number of halogens is 1. The highest BCUT2D eigenvalue weighted by molar-refractivity contribution is 9.10. The molecule has 2 heterocycles. The number of likely N-dealkylation sites (tertiary alicyclic amines) is 1. The van der Waals surface area contributed by atoms with E-state index in [-0.39, 0.29) is 17.1 Å². The van der Waals surface area contributed by atoms with Gasteiger partial charge in [-0.25, -0.2) is 0 Å². The van der Waals surface area contributed by atoms with Crippen LogP contribution < -0.4 is 5.32 Å². The molecule has 21 heavy (non-hydrogen) atoms. The van der Waals surface area contributed by atoms with Crippen LogP contribution in [0.3, 0.4) is 0 Å². The number of phenolic OH excluding ortho intramolecular Hbond substituents is 1. The van der Waals surface area contributed by atoms with Gasteiger partial charge >= 0.3 is 0 Å². The molecule has 2 aliphatic rings. The van der Waals surface area contributed by atoms with Crippen molar-refractivity contribution < 1.29 is 9.90 Å². The van der Waals surface area contributed by atoms with Crippen LogP contribution in [0.25, 0.3) is 0 Å². The number of amides is 1. The van der Waals surface area contributed by atoms with Gasteiger partial charge in [-0.05, 0) is 66.4 Å². The molecule has 0 saturated carbocycles. The van der Waals surface area contributed by atoms with E-state index in [1.807, 2.05) is 4.90 Å². The van der Waals surface area contributed by atoms with E-state index < -0.39 is 0 Å². The number of rotatable bonds is 1. The maximum Gasteiger partial charge on any atom is 0.254 e. The topological polar surface area (TPSA) is 52.6 Å². The molecule has 1 spiro atoms. The summed E-state index contributed by atoms with van der Waals surface area (Å²) in [6.07, 6.45) is 4.67. The lowest BCUT2D eigenvalue weighted by atomic mass is 9.74. The summed E-state index contributed by atoms with van der Waals surface area (Å²) >= 11 is 3.25. The molecule has 1 atom stereocenters. The van der Waals surface area contributed by atoms with Crippen LogP contribution >= 0.6 is 15.9 Å². The number of piperidine rings is 2. The Labute approximate surface area is 133 Å². The van der Waals surface area contributed by atoms with Gasteiger partial charge in [0.2, 0.25) is 0 Å². The molecular weight excluding hydrogens is 332 g/mol. The summed E-state index contributed by atoms with van der Waals surface area (Å²) in [5.74, 6) is 0.148. The molecule has 1 aromatic rings. The van der Waals surface area contributed by atoms with Gasteiger partial charge in [-0.15, -0.1) is 0 Å². The lowest BCUT2D eigenvalue weighted by Crippen LogP contribution is -2.52. The minimum Gasteiger partial charge on any atom is -0.507 e. The summed E-state index contributed by atoms with van der Waals surface area (Å²) in [4.78, 5) is 14.6. The predicted molar refractivity (Wildman–Crippen MR) is 85.5 cm³/mol. The summed E-state index contributed by atoms with van der Waals surface area (Å²) in [5, 5.41) is 13.2. The van der Waals surface area contributed by atoms with Crippen LogP contribution in [0, 0.1) is 5.41 Å². The normalized spacial score (nSPS) is 26.0. The van der Waals surface area contributed by atoms with Gasteiger partial charge in [0.15, 0.2) is 0 Å². The average molecular weight is 353 g/mol. The van der Waals surface area contributed by atoms with E-state index in [0.29, 0.717) is 10.0 Å². The van der Waals surface area contributed by atoms with Gasteiger partial charge in [-0.3, -0.25) is 4.79 Å². The Hall–Kier alpha value is -1.07. The van der Waals surface area contributed by atoms with Crippen LogP contribution in [0.4, 0.5) is 0 Å². The molecule has 1 amide bonds. The maximum atomic E-state index is 12.7. The van der Waals surface area contributed by atoms with E-state index in [9.17, 15) is 9.90 Å². The fourth-order valence-electron chi connectivity index (χ4n) is 3.59. The molecule has 0 aromatic heterocycles. The molecule has 114 valence electrons. The van der Waals surface area contributed by atoms with Crippen molar-refractivity contribution in [1.82, 2.24) is 10.2 Å². The second-order valence-corrected chi connectivity index (χ2v) is 7.13. The Balaban J connectivity index is 1.76. The van der Waals surface area contributed by atoms with Gasteiger partial charge in [-0.1, -0.05) is 0 Å². The Kier molecular flexibility index (Phi) is 4.22. The molecule has 1 unspecified atom stereocenters. The highest BCUT2D eigenvalue weighted by Crippen LogP contribution is 2.36. The van der Waals surface area contributed by atoms with E-state index >= 15 is 0 Å². The lowest BCUT2D eigenvalue weighted by Gasteiger charge is -2.45. The van der Waals surface area contributed by atoms with Crippen LogP contribution in [0.15, 0.2) is 22.7 Å². The third-order valence-corrected chi connectivity index (χ3v) is 5.37. The van der Waals surface area contributed by atoms with Gasteiger partial charge < -0.3 is 15.3 Å². The summed E-state index contributed by atoms with van der Waals surface area (Å²) < 4.78 is 0.616. The first kappa shape index (κ1) is 14.9. The van der Waals surface area contributed by atoms with E-state index in [1.54, 1.807) is 18.2 Å². The lowest BCUT2D eigenvalue weighted by molar-refractivity contribution is 0.0433. The minimum atomic E-state index is 0.0300. The van der Waals surface area contributed by atoms with Crippen LogP contribution in [0.1, 0.15) is 36.0 Å². The summed E-state index contributed by atoms with van der Waals surface area (Å²) in [6, 6.07) is 5.05. The largest absolute Gasteiger partial charge is 0.507 e. The van der Waals surface area contributed by atoms with E-state index in [2.05, 4.69) is 21.2 Å². The van der Waals surface area contributed by atoms with Crippen molar-refractivity contribution in [3.8, 4) is 5.75 Å². The molecule has 0 radical (unpaired) electrons. The molecule has 1 aromatic carbocycles. The van der Waals surface area contributed by atoms with Crippen molar-refractivity contribution in [2.45, 2.75) is 25.7 Å². The van der Waals surface area contributed by atoms with Crippen LogP contribution in [0.5, 0.6) is 5.75 Å². The number of hydrogen-bond acceptors (Lipinski definition) is 3. The quantitative estimate of drug-likeness (QED) is 0.816. The van der Waals surface area contributed by atoms with Crippen LogP contribution in [0.2, 0.25) is 0 Å². The van der Waals surface area contributed by atoms with Crippen LogP contribution in [-0.4, -0.2) is 42.1 Å². The molecular formula is C16H21BrN2O2. The Morgan fingerprint density at radius 1 is 1.33 bits per heavy atom. The van der Waals surface area contributed by atoms with E-state index in [4.69, 9.17) is 0 Å². The Bertz CT molecular complexity index is 536. The number of carbonyl (C=O) groups is 1. The molecule has 2 saturated heterocycles. The zero-order valence-electron chi connectivity index (χ0n) is 12.1. The number of phenols is 1. The van der Waals surface area contributed by atoms with Gasteiger partial charge in [0, 0.05) is 30.6 Å². The van der Waals surface area contributed by atoms with Crippen molar-refractivity contribution in [2.75, 3.05) is 26.2 Å². The van der Waals surface area contributed by atoms with Crippen LogP contribution in [-0.2, 0) is 0 Å². The highest BCUT2D eigenvalue weighted by Gasteiger charge is 2.38. The summed E-state index contributed by atoms with van der Waals surface area (Å²) in [7, 11) is 0. The monoisotopic (exact) mass is 352 g/mol. The van der Waals surface area contributed by atoms with Crippen molar-refractivity contribution in [1.29, 1.82) is 0 Å². The molecule has 4 nitrogen and oxygen atoms in total. The molecule has 3 rings (SSSR count). The smallest absolute Gasteiger partial charge is 0.254 e. The number of benzene rings is 1. The van der Waals surface area contributed by atoms with Gasteiger partial charge in [0.1, 0.15) is 5.75 Å². The first-order valence-electron chi connectivity index (χ1n) is 7.58. The number of aromatic hydroxyl groups is 1. The van der Waals surface area contributed by atoms with Crippen molar-refractivity contribution in [3.05, 3.63) is 28.2 Å². The second-order valence-electron chi connectivity index (χ2n) is 6.28. The minimum absolute atomic E-state index is 0.0300. The van der Waals surface area contributed by atoms with Crippen molar-refractivity contribution in [2.24, 2.45) is 5.41 Å². The molecule has 2 fully saturated rings. The molecule has 0 aliphatic carbocycles. The standard InChI is InChI=1S/C16H21BrN2O2/c17-13-4-3-12(9-14(13)20)15(21)19-8-2-6-16(11-19)5-1-7-18-10-16/h3-4,9,18,20H,1-2,5-8,10-11H2. The predicted octanol–water partition coefficient (Wildman–Crippen LogP) is 2.76. The molecule has 0 bridgehead atoms. The first-order valence-corrected chi connectivity index (χ1v) is 8.38.